The lowest BCUT2D eigenvalue weighted by molar-refractivity contribution is 0.0578. The van der Waals surface area contributed by atoms with Crippen LogP contribution in [0.15, 0.2) is 41.2 Å². The lowest BCUT2D eigenvalue weighted by Gasteiger charge is -2.35. The third kappa shape index (κ3) is 3.21. The molecule has 0 radical (unpaired) electrons. The highest BCUT2D eigenvalue weighted by Crippen LogP contribution is 2.26. The van der Waals surface area contributed by atoms with Gasteiger partial charge in [-0.2, -0.15) is 0 Å². The predicted octanol–water partition coefficient (Wildman–Crippen LogP) is 2.14. The minimum Gasteiger partial charge on any atom is -0.350 e. The van der Waals surface area contributed by atoms with E-state index in [1.807, 2.05) is 17.8 Å². The van der Waals surface area contributed by atoms with Gasteiger partial charge in [0.1, 0.15) is 29.2 Å². The van der Waals surface area contributed by atoms with Crippen molar-refractivity contribution in [1.82, 2.24) is 24.9 Å². The van der Waals surface area contributed by atoms with Crippen molar-refractivity contribution in [3.8, 4) is 11.3 Å². The average molecular weight is 373 g/mol. The fourth-order valence-corrected chi connectivity index (χ4v) is 3.21. The van der Waals surface area contributed by atoms with Crippen molar-refractivity contribution in [3.63, 3.8) is 0 Å². The summed E-state index contributed by atoms with van der Waals surface area (Å²) in [6, 6.07) is 4.10. The summed E-state index contributed by atoms with van der Waals surface area (Å²) in [5, 5.41) is 6.99. The SMILES string of the molecule is Cn1ccnc1C1CNCCN1C(=O)c1cc(-c2cc(F)ccc2F)no1. The van der Waals surface area contributed by atoms with Crippen LogP contribution in [0.5, 0.6) is 0 Å². The summed E-state index contributed by atoms with van der Waals surface area (Å²) in [7, 11) is 1.86. The number of aromatic nitrogens is 3. The number of nitrogens with zero attached hydrogens (tertiary/aromatic N) is 4. The maximum Gasteiger partial charge on any atom is 0.293 e. The van der Waals surface area contributed by atoms with Crippen molar-refractivity contribution in [3.05, 3.63) is 59.9 Å². The molecule has 3 aromatic rings. The molecule has 1 atom stereocenters. The second kappa shape index (κ2) is 6.92. The standard InChI is InChI=1S/C18H17F2N5O2/c1-24-6-5-22-17(24)15-10-21-4-7-25(15)18(26)16-9-14(23-27-16)12-8-11(19)2-3-13(12)20/h2-3,5-6,8-9,15,21H,4,7,10H2,1H3. The number of hydrogen-bond acceptors (Lipinski definition) is 5. The molecule has 1 unspecified atom stereocenters. The lowest BCUT2D eigenvalue weighted by atomic mass is 10.1. The van der Waals surface area contributed by atoms with Crippen LogP contribution in [-0.2, 0) is 7.05 Å². The minimum atomic E-state index is -0.642. The summed E-state index contributed by atoms with van der Waals surface area (Å²) in [6.45, 7) is 1.64. The third-order valence-corrected chi connectivity index (χ3v) is 4.59. The van der Waals surface area contributed by atoms with Gasteiger partial charge in [-0.1, -0.05) is 5.16 Å². The van der Waals surface area contributed by atoms with Crippen molar-refractivity contribution >= 4 is 5.91 Å². The van der Waals surface area contributed by atoms with Gasteiger partial charge in [-0.3, -0.25) is 4.79 Å². The van der Waals surface area contributed by atoms with Crippen molar-refractivity contribution in [1.29, 1.82) is 0 Å². The van der Waals surface area contributed by atoms with Crippen LogP contribution in [0.1, 0.15) is 22.4 Å². The molecule has 1 fully saturated rings. The van der Waals surface area contributed by atoms with Crippen LogP contribution in [0, 0.1) is 11.6 Å². The number of halogens is 2. The van der Waals surface area contributed by atoms with Gasteiger partial charge in [-0.05, 0) is 18.2 Å². The number of carbonyl (C=O) groups is 1. The second-order valence-electron chi connectivity index (χ2n) is 6.32. The number of hydrogen-bond donors (Lipinski definition) is 1. The monoisotopic (exact) mass is 373 g/mol. The van der Waals surface area contributed by atoms with E-state index in [0.29, 0.717) is 19.6 Å². The molecule has 7 nitrogen and oxygen atoms in total. The molecule has 27 heavy (non-hydrogen) atoms. The summed E-state index contributed by atoms with van der Waals surface area (Å²) in [5.41, 5.74) is 0.0118. The van der Waals surface area contributed by atoms with E-state index < -0.39 is 11.6 Å². The molecule has 0 saturated carbocycles. The first kappa shape index (κ1) is 17.3. The highest BCUT2D eigenvalue weighted by molar-refractivity contribution is 5.92. The van der Waals surface area contributed by atoms with Crippen molar-refractivity contribution in [2.45, 2.75) is 6.04 Å². The van der Waals surface area contributed by atoms with Crippen molar-refractivity contribution in [2.24, 2.45) is 7.05 Å². The van der Waals surface area contributed by atoms with E-state index in [1.54, 1.807) is 11.1 Å². The fraction of sp³-hybridized carbons (Fsp3) is 0.278. The normalized spacial score (nSPS) is 17.3. The Bertz CT molecular complexity index is 984. The van der Waals surface area contributed by atoms with Gasteiger partial charge < -0.3 is 19.3 Å². The molecule has 1 N–H and O–H groups in total. The smallest absolute Gasteiger partial charge is 0.293 e. The number of aryl methyl sites for hydroxylation is 1. The molecule has 140 valence electrons. The number of imidazole rings is 1. The largest absolute Gasteiger partial charge is 0.350 e. The Kier molecular flexibility index (Phi) is 4.44. The van der Waals surface area contributed by atoms with Gasteiger partial charge in [-0.15, -0.1) is 0 Å². The summed E-state index contributed by atoms with van der Waals surface area (Å²) in [5.74, 6) is -0.905. The first-order chi connectivity index (χ1) is 13.0. The highest BCUT2D eigenvalue weighted by Gasteiger charge is 2.33. The quantitative estimate of drug-likeness (QED) is 0.761. The topological polar surface area (TPSA) is 76.2 Å². The Hall–Kier alpha value is -3.07. The molecule has 1 aliphatic heterocycles. The predicted molar refractivity (Wildman–Crippen MR) is 91.7 cm³/mol. The maximum absolute atomic E-state index is 13.9. The minimum absolute atomic E-state index is 0.0326. The van der Waals surface area contributed by atoms with E-state index in [2.05, 4.69) is 15.5 Å². The fourth-order valence-electron chi connectivity index (χ4n) is 3.21. The van der Waals surface area contributed by atoms with E-state index >= 15 is 0 Å². The summed E-state index contributed by atoms with van der Waals surface area (Å²) < 4.78 is 34.4. The van der Waals surface area contributed by atoms with E-state index in [-0.39, 0.29) is 29.0 Å². The number of carbonyl (C=O) groups excluding carboxylic acids is 1. The zero-order valence-electron chi connectivity index (χ0n) is 14.5. The first-order valence-corrected chi connectivity index (χ1v) is 8.45. The molecule has 0 aliphatic carbocycles. The number of benzene rings is 1. The molecule has 0 bridgehead atoms. The molecule has 2 aromatic heterocycles. The average Bonchev–Trinajstić information content (AvgIpc) is 3.32. The number of rotatable bonds is 3. The third-order valence-electron chi connectivity index (χ3n) is 4.59. The Morgan fingerprint density at radius 2 is 2.19 bits per heavy atom. The van der Waals surface area contributed by atoms with Gasteiger partial charge in [0.25, 0.3) is 5.91 Å². The first-order valence-electron chi connectivity index (χ1n) is 8.45. The van der Waals surface area contributed by atoms with Crippen LogP contribution in [0.3, 0.4) is 0 Å². The zero-order chi connectivity index (χ0) is 19.0. The van der Waals surface area contributed by atoms with Gasteiger partial charge in [0, 0.05) is 50.7 Å². The molecule has 1 aromatic carbocycles. The molecule has 3 heterocycles. The number of amides is 1. The Morgan fingerprint density at radius 1 is 1.33 bits per heavy atom. The van der Waals surface area contributed by atoms with Crippen LogP contribution in [0.2, 0.25) is 0 Å². The molecule has 9 heteroatoms. The molecule has 1 saturated heterocycles. The van der Waals surface area contributed by atoms with Crippen LogP contribution >= 0.6 is 0 Å². The van der Waals surface area contributed by atoms with Gasteiger partial charge >= 0.3 is 0 Å². The highest BCUT2D eigenvalue weighted by atomic mass is 19.1. The van der Waals surface area contributed by atoms with Gasteiger partial charge in [0.05, 0.1) is 0 Å². The van der Waals surface area contributed by atoms with Crippen LogP contribution < -0.4 is 5.32 Å². The summed E-state index contributed by atoms with van der Waals surface area (Å²) >= 11 is 0. The van der Waals surface area contributed by atoms with Gasteiger partial charge in [0.15, 0.2) is 0 Å². The van der Waals surface area contributed by atoms with E-state index in [1.165, 1.54) is 6.07 Å². The van der Waals surface area contributed by atoms with Crippen LogP contribution in [0.4, 0.5) is 8.78 Å². The van der Waals surface area contributed by atoms with Crippen molar-refractivity contribution < 1.29 is 18.1 Å². The van der Waals surface area contributed by atoms with Gasteiger partial charge in [0.2, 0.25) is 5.76 Å². The van der Waals surface area contributed by atoms with Crippen LogP contribution in [-0.4, -0.2) is 45.1 Å². The number of piperazine rings is 1. The summed E-state index contributed by atoms with van der Waals surface area (Å²) in [6.07, 6.45) is 3.48. The van der Waals surface area contributed by atoms with E-state index in [9.17, 15) is 13.6 Å². The van der Waals surface area contributed by atoms with E-state index in [0.717, 1.165) is 24.0 Å². The Morgan fingerprint density at radius 3 is 2.96 bits per heavy atom. The van der Waals surface area contributed by atoms with E-state index in [4.69, 9.17) is 4.52 Å². The second-order valence-corrected chi connectivity index (χ2v) is 6.32. The molecule has 4 rings (SSSR count). The Balaban J connectivity index is 1.63. The maximum atomic E-state index is 13.9. The molecular weight excluding hydrogens is 356 g/mol. The van der Waals surface area contributed by atoms with Crippen molar-refractivity contribution in [2.75, 3.05) is 19.6 Å². The van der Waals surface area contributed by atoms with Crippen LogP contribution in [0.25, 0.3) is 11.3 Å². The Labute approximate surface area is 153 Å². The summed E-state index contributed by atoms with van der Waals surface area (Å²) in [4.78, 5) is 18.9. The van der Waals surface area contributed by atoms with Gasteiger partial charge in [-0.25, -0.2) is 13.8 Å². The molecule has 1 amide bonds. The molecule has 0 spiro atoms. The molecular formula is C18H17F2N5O2. The molecule has 1 aliphatic rings. The number of nitrogens with one attached hydrogen (secondary N) is 1. The lowest BCUT2D eigenvalue weighted by Crippen LogP contribution is -2.49. The zero-order valence-corrected chi connectivity index (χ0v) is 14.5.